The van der Waals surface area contributed by atoms with Gasteiger partial charge in [0, 0.05) is 6.07 Å². The topological polar surface area (TPSA) is 12.0 Å². The van der Waals surface area contributed by atoms with E-state index in [0.29, 0.717) is 12.3 Å². The average Bonchev–Trinajstić information content (AvgIpc) is 2.54. The maximum absolute atomic E-state index is 12.8. The van der Waals surface area contributed by atoms with Crippen molar-refractivity contribution in [3.8, 4) is 0 Å². The molecule has 1 atom stereocenters. The monoisotopic (exact) mass is 196 g/mol. The SMILES string of the molecule is Fc1cc(F)cc(CC2[CH]CNC2)c1. The third kappa shape index (κ3) is 2.29. The van der Waals surface area contributed by atoms with E-state index in [-0.39, 0.29) is 0 Å². The van der Waals surface area contributed by atoms with Gasteiger partial charge in [-0.05, 0) is 49.5 Å². The van der Waals surface area contributed by atoms with Crippen LogP contribution in [0.5, 0.6) is 0 Å². The molecule has 14 heavy (non-hydrogen) atoms. The molecule has 0 amide bonds. The summed E-state index contributed by atoms with van der Waals surface area (Å²) in [6.45, 7) is 1.79. The number of rotatable bonds is 2. The normalized spacial score (nSPS) is 21.4. The first kappa shape index (κ1) is 9.59. The Morgan fingerprint density at radius 1 is 1.21 bits per heavy atom. The van der Waals surface area contributed by atoms with Gasteiger partial charge < -0.3 is 5.32 Å². The van der Waals surface area contributed by atoms with Gasteiger partial charge >= 0.3 is 0 Å². The molecule has 1 saturated heterocycles. The van der Waals surface area contributed by atoms with Crippen LogP contribution in [0.4, 0.5) is 8.78 Å². The minimum absolute atomic E-state index is 0.399. The lowest BCUT2D eigenvalue weighted by molar-refractivity contribution is 0.572. The van der Waals surface area contributed by atoms with Gasteiger partial charge in [-0.1, -0.05) is 0 Å². The van der Waals surface area contributed by atoms with Crippen molar-refractivity contribution in [1.29, 1.82) is 0 Å². The number of halogens is 2. The zero-order chi connectivity index (χ0) is 9.97. The van der Waals surface area contributed by atoms with E-state index in [2.05, 4.69) is 11.7 Å². The molecule has 3 heteroatoms. The van der Waals surface area contributed by atoms with Crippen LogP contribution in [0, 0.1) is 24.0 Å². The average molecular weight is 196 g/mol. The Morgan fingerprint density at radius 2 is 1.93 bits per heavy atom. The van der Waals surface area contributed by atoms with Crippen LogP contribution in [0.2, 0.25) is 0 Å². The van der Waals surface area contributed by atoms with Crippen molar-refractivity contribution in [1.82, 2.24) is 5.32 Å². The molecule has 1 N–H and O–H groups in total. The van der Waals surface area contributed by atoms with Crippen LogP contribution >= 0.6 is 0 Å². The van der Waals surface area contributed by atoms with Gasteiger partial charge in [-0.2, -0.15) is 0 Å². The Bertz CT molecular complexity index is 299. The summed E-state index contributed by atoms with van der Waals surface area (Å²) >= 11 is 0. The summed E-state index contributed by atoms with van der Waals surface area (Å²) < 4.78 is 25.7. The van der Waals surface area contributed by atoms with E-state index >= 15 is 0 Å². The second kappa shape index (κ2) is 4.05. The molecule has 0 saturated carbocycles. The summed E-state index contributed by atoms with van der Waals surface area (Å²) in [7, 11) is 0. The zero-order valence-corrected chi connectivity index (χ0v) is 7.76. The highest BCUT2D eigenvalue weighted by atomic mass is 19.1. The van der Waals surface area contributed by atoms with Gasteiger partial charge in [0.15, 0.2) is 0 Å². The standard InChI is InChI=1S/C11H12F2N/c12-10-4-9(5-11(13)6-10)3-8-1-2-14-7-8/h1,4-6,8,14H,2-3,7H2. The molecule has 2 rings (SSSR count). The molecule has 1 aliphatic rings. The van der Waals surface area contributed by atoms with E-state index in [4.69, 9.17) is 0 Å². The zero-order valence-electron chi connectivity index (χ0n) is 7.76. The second-order valence-corrected chi connectivity index (χ2v) is 3.64. The summed E-state index contributed by atoms with van der Waals surface area (Å²) in [5.74, 6) is -0.590. The molecule has 1 aromatic carbocycles. The molecule has 1 nitrogen and oxygen atoms in total. The molecule has 0 bridgehead atoms. The summed E-state index contributed by atoms with van der Waals surface area (Å²) in [6.07, 6.45) is 2.85. The Hall–Kier alpha value is -0.960. The minimum Gasteiger partial charge on any atom is -0.316 e. The van der Waals surface area contributed by atoms with E-state index in [9.17, 15) is 8.78 Å². The molecule has 1 heterocycles. The van der Waals surface area contributed by atoms with Crippen molar-refractivity contribution in [2.75, 3.05) is 13.1 Å². The third-order valence-electron chi connectivity index (χ3n) is 2.42. The molecular weight excluding hydrogens is 184 g/mol. The predicted octanol–water partition coefficient (Wildman–Crippen LogP) is 1.93. The van der Waals surface area contributed by atoms with Crippen LogP contribution in [-0.2, 0) is 6.42 Å². The van der Waals surface area contributed by atoms with Gasteiger partial charge in [-0.25, -0.2) is 8.78 Å². The van der Waals surface area contributed by atoms with Crippen LogP contribution in [0.3, 0.4) is 0 Å². The van der Waals surface area contributed by atoms with Gasteiger partial charge in [0.2, 0.25) is 0 Å². The van der Waals surface area contributed by atoms with Crippen molar-refractivity contribution in [3.05, 3.63) is 41.8 Å². The first-order valence-electron chi connectivity index (χ1n) is 4.73. The van der Waals surface area contributed by atoms with Crippen molar-refractivity contribution in [2.45, 2.75) is 6.42 Å². The molecule has 1 unspecified atom stereocenters. The molecule has 1 aromatic rings. The molecule has 0 aromatic heterocycles. The van der Waals surface area contributed by atoms with Crippen molar-refractivity contribution >= 4 is 0 Å². The summed E-state index contributed by atoms with van der Waals surface area (Å²) in [5, 5.41) is 3.18. The molecule has 1 fully saturated rings. The highest BCUT2D eigenvalue weighted by Gasteiger charge is 2.15. The largest absolute Gasteiger partial charge is 0.316 e. The van der Waals surface area contributed by atoms with Crippen LogP contribution in [0.15, 0.2) is 18.2 Å². The Balaban J connectivity index is 2.07. The van der Waals surface area contributed by atoms with E-state index in [1.165, 1.54) is 12.1 Å². The number of benzene rings is 1. The Morgan fingerprint density at radius 3 is 2.50 bits per heavy atom. The summed E-state index contributed by atoms with van der Waals surface area (Å²) in [5.41, 5.74) is 0.729. The lowest BCUT2D eigenvalue weighted by Gasteiger charge is -2.07. The number of hydrogen-bond donors (Lipinski definition) is 1. The smallest absolute Gasteiger partial charge is 0.126 e. The van der Waals surface area contributed by atoms with Crippen LogP contribution < -0.4 is 5.32 Å². The first-order chi connectivity index (χ1) is 6.74. The quantitative estimate of drug-likeness (QED) is 0.762. The third-order valence-corrected chi connectivity index (χ3v) is 2.42. The molecule has 0 aliphatic carbocycles. The van der Waals surface area contributed by atoms with Gasteiger partial charge in [-0.15, -0.1) is 0 Å². The van der Waals surface area contributed by atoms with Crippen LogP contribution in [0.1, 0.15) is 5.56 Å². The summed E-state index contributed by atoms with van der Waals surface area (Å²) in [6, 6.07) is 3.70. The Kier molecular flexibility index (Phi) is 2.77. The van der Waals surface area contributed by atoms with Gasteiger partial charge in [0.05, 0.1) is 0 Å². The first-order valence-corrected chi connectivity index (χ1v) is 4.73. The lowest BCUT2D eigenvalue weighted by Crippen LogP contribution is -2.11. The molecule has 1 radical (unpaired) electrons. The predicted molar refractivity (Wildman–Crippen MR) is 50.7 cm³/mol. The van der Waals surface area contributed by atoms with Crippen molar-refractivity contribution in [3.63, 3.8) is 0 Å². The fourth-order valence-corrected chi connectivity index (χ4v) is 1.79. The number of nitrogens with one attached hydrogen (secondary N) is 1. The lowest BCUT2D eigenvalue weighted by atomic mass is 9.99. The summed E-state index contributed by atoms with van der Waals surface area (Å²) in [4.78, 5) is 0. The maximum Gasteiger partial charge on any atom is 0.126 e. The van der Waals surface area contributed by atoms with Crippen molar-refractivity contribution in [2.24, 2.45) is 5.92 Å². The van der Waals surface area contributed by atoms with E-state index < -0.39 is 11.6 Å². The Labute approximate surface area is 82.1 Å². The molecule has 75 valence electrons. The van der Waals surface area contributed by atoms with Gasteiger partial charge in [0.1, 0.15) is 11.6 Å². The highest BCUT2D eigenvalue weighted by molar-refractivity contribution is 5.19. The molecular formula is C11H12F2N. The highest BCUT2D eigenvalue weighted by Crippen LogP contribution is 2.16. The maximum atomic E-state index is 12.8. The second-order valence-electron chi connectivity index (χ2n) is 3.64. The molecule has 0 spiro atoms. The minimum atomic E-state index is -0.494. The van der Waals surface area contributed by atoms with E-state index in [1.54, 1.807) is 0 Å². The van der Waals surface area contributed by atoms with Crippen molar-refractivity contribution < 1.29 is 8.78 Å². The van der Waals surface area contributed by atoms with Gasteiger partial charge in [-0.3, -0.25) is 0 Å². The van der Waals surface area contributed by atoms with E-state index in [0.717, 1.165) is 24.7 Å². The fraction of sp³-hybridized carbons (Fsp3) is 0.364. The van der Waals surface area contributed by atoms with Crippen LogP contribution in [0.25, 0.3) is 0 Å². The van der Waals surface area contributed by atoms with Gasteiger partial charge in [0.25, 0.3) is 0 Å². The fourth-order valence-electron chi connectivity index (χ4n) is 1.79. The molecule has 1 aliphatic heterocycles. The van der Waals surface area contributed by atoms with E-state index in [1.807, 2.05) is 0 Å². The number of hydrogen-bond acceptors (Lipinski definition) is 1. The van der Waals surface area contributed by atoms with Crippen LogP contribution in [-0.4, -0.2) is 13.1 Å².